The van der Waals surface area contributed by atoms with Crippen molar-refractivity contribution in [1.82, 2.24) is 14.5 Å². The summed E-state index contributed by atoms with van der Waals surface area (Å²) < 4.78 is 1.60. The molecule has 1 fully saturated rings. The maximum absolute atomic E-state index is 13.4. The number of hydrogen-bond acceptors (Lipinski definition) is 5. The average molecular weight is 461 g/mol. The van der Waals surface area contributed by atoms with Gasteiger partial charge in [0, 0.05) is 37.4 Å². The largest absolute Gasteiger partial charge is 0.380 e. The second kappa shape index (κ2) is 9.88. The molecule has 1 aromatic heterocycles. The molecular formula is C28H36N4O2. The van der Waals surface area contributed by atoms with Gasteiger partial charge in [-0.2, -0.15) is 0 Å². The summed E-state index contributed by atoms with van der Waals surface area (Å²) in [6.45, 7) is 6.20. The first-order valence-electron chi connectivity index (χ1n) is 12.9. The van der Waals surface area contributed by atoms with Crippen LogP contribution in [0, 0.1) is 0 Å². The first kappa shape index (κ1) is 23.1. The van der Waals surface area contributed by atoms with Gasteiger partial charge in [-0.3, -0.25) is 9.36 Å². The van der Waals surface area contributed by atoms with Crippen LogP contribution in [0.25, 0.3) is 16.6 Å². The number of aliphatic hydroxyl groups excluding tert-OH is 1. The monoisotopic (exact) mass is 460 g/mol. The predicted molar refractivity (Wildman–Crippen MR) is 138 cm³/mol. The second-order valence-corrected chi connectivity index (χ2v) is 9.92. The molecule has 6 heteroatoms. The van der Waals surface area contributed by atoms with Gasteiger partial charge in [-0.1, -0.05) is 51.2 Å². The molecule has 0 radical (unpaired) electrons. The molecular weight excluding hydrogens is 424 g/mol. The fraction of sp³-hybridized carbons (Fsp3) is 0.500. The van der Waals surface area contributed by atoms with Gasteiger partial charge >= 0.3 is 0 Å². The van der Waals surface area contributed by atoms with Crippen LogP contribution in [-0.4, -0.2) is 52.8 Å². The first-order chi connectivity index (χ1) is 16.6. The molecule has 0 amide bonds. The van der Waals surface area contributed by atoms with Crippen LogP contribution in [-0.2, 0) is 6.42 Å². The van der Waals surface area contributed by atoms with Gasteiger partial charge in [-0.25, -0.2) is 4.98 Å². The molecule has 3 aromatic rings. The third-order valence-corrected chi connectivity index (χ3v) is 7.44. The lowest BCUT2D eigenvalue weighted by Gasteiger charge is -2.34. The van der Waals surface area contributed by atoms with Gasteiger partial charge in [0.15, 0.2) is 5.82 Å². The van der Waals surface area contributed by atoms with E-state index in [1.165, 1.54) is 37.7 Å². The Morgan fingerprint density at radius 2 is 1.74 bits per heavy atom. The smallest absolute Gasteiger partial charge is 0.266 e. The Labute approximate surface area is 201 Å². The number of unbranched alkanes of at least 4 members (excludes halogenated alkanes) is 5. The van der Waals surface area contributed by atoms with Crippen molar-refractivity contribution in [2.75, 3.05) is 38.1 Å². The SMILES string of the molecule is CCCCCCCCc1ccc2c(c1)C(O)c1nc3cc(N4CCN(C)CC4)ccc3c(=O)n1-2. The van der Waals surface area contributed by atoms with E-state index in [1.54, 1.807) is 4.57 Å². The van der Waals surface area contributed by atoms with Crippen molar-refractivity contribution in [3.05, 3.63) is 63.7 Å². The van der Waals surface area contributed by atoms with Crippen LogP contribution in [0.3, 0.4) is 0 Å². The quantitative estimate of drug-likeness (QED) is 0.504. The summed E-state index contributed by atoms with van der Waals surface area (Å²) in [5, 5.41) is 11.7. The highest BCUT2D eigenvalue weighted by atomic mass is 16.3. The van der Waals surface area contributed by atoms with E-state index in [0.717, 1.165) is 56.0 Å². The minimum absolute atomic E-state index is 0.105. The van der Waals surface area contributed by atoms with Crippen LogP contribution in [0.5, 0.6) is 0 Å². The van der Waals surface area contributed by atoms with Gasteiger partial charge in [0.1, 0.15) is 6.10 Å². The standard InChI is InChI=1S/C28H36N4O2/c1-3-4-5-6-7-8-9-20-10-13-25-23(18-20)26(33)27-29-24-19-21(31-16-14-30(2)15-17-31)11-12-22(24)28(34)32(25)27/h10-13,18-19,26,33H,3-9,14-17H2,1-2H3. The number of hydrogen-bond donors (Lipinski definition) is 1. The van der Waals surface area contributed by atoms with Crippen LogP contribution < -0.4 is 10.5 Å². The summed E-state index contributed by atoms with van der Waals surface area (Å²) in [6, 6.07) is 12.1. The zero-order valence-corrected chi connectivity index (χ0v) is 20.5. The number of rotatable bonds is 8. The molecule has 1 saturated heterocycles. The van der Waals surface area contributed by atoms with Crippen molar-refractivity contribution in [2.45, 2.75) is 58.0 Å². The highest BCUT2D eigenvalue weighted by Gasteiger charge is 2.31. The molecule has 2 aromatic carbocycles. The highest BCUT2D eigenvalue weighted by molar-refractivity contribution is 5.82. The Balaban J connectivity index is 1.39. The van der Waals surface area contributed by atoms with E-state index in [4.69, 9.17) is 4.98 Å². The van der Waals surface area contributed by atoms with Crippen LogP contribution in [0.4, 0.5) is 5.69 Å². The third-order valence-electron chi connectivity index (χ3n) is 7.44. The Morgan fingerprint density at radius 1 is 0.971 bits per heavy atom. The highest BCUT2D eigenvalue weighted by Crippen LogP contribution is 2.35. The molecule has 1 atom stereocenters. The van der Waals surface area contributed by atoms with E-state index >= 15 is 0 Å². The molecule has 2 aliphatic rings. The van der Waals surface area contributed by atoms with Crippen LogP contribution in [0.15, 0.2) is 41.2 Å². The molecule has 1 unspecified atom stereocenters. The van der Waals surface area contributed by atoms with Gasteiger partial charge in [-0.15, -0.1) is 0 Å². The lowest BCUT2D eigenvalue weighted by molar-refractivity contribution is 0.216. The second-order valence-electron chi connectivity index (χ2n) is 9.92. The normalized spacial score (nSPS) is 17.9. The Bertz CT molecular complexity index is 1230. The van der Waals surface area contributed by atoms with Gasteiger partial charge in [0.05, 0.1) is 16.6 Å². The number of likely N-dealkylation sites (N-methyl/N-ethyl adjacent to an activating group) is 1. The van der Waals surface area contributed by atoms with Crippen LogP contribution in [0.2, 0.25) is 0 Å². The van der Waals surface area contributed by atoms with E-state index in [2.05, 4.69) is 35.9 Å². The number of nitrogens with zero attached hydrogens (tertiary/aromatic N) is 4. The molecule has 0 aliphatic carbocycles. The molecule has 34 heavy (non-hydrogen) atoms. The number of benzene rings is 2. The molecule has 0 bridgehead atoms. The van der Waals surface area contributed by atoms with E-state index in [1.807, 2.05) is 24.3 Å². The maximum Gasteiger partial charge on any atom is 0.266 e. The number of fused-ring (bicyclic) bond motifs is 4. The summed E-state index contributed by atoms with van der Waals surface area (Å²) in [5.41, 5.74) is 4.41. The summed E-state index contributed by atoms with van der Waals surface area (Å²) in [7, 11) is 2.14. The number of aryl methyl sites for hydroxylation is 1. The summed E-state index contributed by atoms with van der Waals surface area (Å²) in [5.74, 6) is 0.430. The Kier molecular flexibility index (Phi) is 6.70. The zero-order valence-electron chi connectivity index (χ0n) is 20.5. The van der Waals surface area contributed by atoms with E-state index in [-0.39, 0.29) is 5.56 Å². The van der Waals surface area contributed by atoms with E-state index in [9.17, 15) is 9.90 Å². The number of piperazine rings is 1. The molecule has 5 rings (SSSR count). The van der Waals surface area contributed by atoms with Gasteiger partial charge < -0.3 is 14.9 Å². The molecule has 0 spiro atoms. The molecule has 2 aliphatic heterocycles. The van der Waals surface area contributed by atoms with Crippen molar-refractivity contribution in [1.29, 1.82) is 0 Å². The predicted octanol–water partition coefficient (Wildman–Crippen LogP) is 4.44. The van der Waals surface area contributed by atoms with Crippen molar-refractivity contribution in [3.63, 3.8) is 0 Å². The van der Waals surface area contributed by atoms with E-state index in [0.29, 0.717) is 16.7 Å². The minimum Gasteiger partial charge on any atom is -0.380 e. The maximum atomic E-state index is 13.4. The van der Waals surface area contributed by atoms with Crippen molar-refractivity contribution in [2.24, 2.45) is 0 Å². The minimum atomic E-state index is -0.871. The molecule has 6 nitrogen and oxygen atoms in total. The lowest BCUT2D eigenvalue weighted by atomic mass is 10.0. The molecule has 180 valence electrons. The fourth-order valence-corrected chi connectivity index (χ4v) is 5.30. The van der Waals surface area contributed by atoms with Crippen molar-refractivity contribution in [3.8, 4) is 5.69 Å². The van der Waals surface area contributed by atoms with Crippen LogP contribution in [0.1, 0.15) is 68.5 Å². The molecule has 3 heterocycles. The molecule has 0 saturated carbocycles. The van der Waals surface area contributed by atoms with Crippen molar-refractivity contribution < 1.29 is 5.11 Å². The number of anilines is 1. The number of aliphatic hydroxyl groups is 1. The third kappa shape index (κ3) is 4.37. The Hall–Kier alpha value is -2.70. The van der Waals surface area contributed by atoms with Crippen molar-refractivity contribution >= 4 is 16.6 Å². The van der Waals surface area contributed by atoms with Gasteiger partial charge in [0.2, 0.25) is 0 Å². The van der Waals surface area contributed by atoms with E-state index < -0.39 is 6.10 Å². The average Bonchev–Trinajstić information content (AvgIpc) is 3.13. The first-order valence-corrected chi connectivity index (χ1v) is 12.9. The van der Waals surface area contributed by atoms with Crippen LogP contribution >= 0.6 is 0 Å². The Morgan fingerprint density at radius 3 is 2.53 bits per heavy atom. The fourth-order valence-electron chi connectivity index (χ4n) is 5.30. The molecule has 1 N–H and O–H groups in total. The zero-order chi connectivity index (χ0) is 23.7. The van der Waals surface area contributed by atoms with Gasteiger partial charge in [-0.05, 0) is 49.7 Å². The van der Waals surface area contributed by atoms with Gasteiger partial charge in [0.25, 0.3) is 5.56 Å². The summed E-state index contributed by atoms with van der Waals surface area (Å²) >= 11 is 0. The lowest BCUT2D eigenvalue weighted by Crippen LogP contribution is -2.44. The topological polar surface area (TPSA) is 61.6 Å². The summed E-state index contributed by atoms with van der Waals surface area (Å²) in [4.78, 5) is 22.9. The number of aromatic nitrogens is 2. The summed E-state index contributed by atoms with van der Waals surface area (Å²) in [6.07, 6.45) is 7.71.